The third kappa shape index (κ3) is 6.57. The number of carboxylic acid groups (broad SMARTS) is 1. The number of furan rings is 1. The summed E-state index contributed by atoms with van der Waals surface area (Å²) in [6.45, 7) is 5.11. The monoisotopic (exact) mass is 503 g/mol. The number of carboxylic acids is 1. The fourth-order valence-electron chi connectivity index (χ4n) is 3.47. The molecule has 0 aromatic carbocycles. The Morgan fingerprint density at radius 2 is 1.94 bits per heavy atom. The second-order valence-corrected chi connectivity index (χ2v) is 7.68. The number of halogens is 1. The number of aliphatic carboxylic acids is 1. The number of likely N-dealkylation sites (N-methyl/N-ethyl adjacent to an activating group) is 1. The summed E-state index contributed by atoms with van der Waals surface area (Å²) in [6, 6.07) is -0.216. The lowest BCUT2D eigenvalue weighted by Gasteiger charge is -2.08. The number of methoxy groups -OCH3 is 1. The third-order valence-electron chi connectivity index (χ3n) is 5.32. The van der Waals surface area contributed by atoms with Crippen LogP contribution in [0, 0.1) is 6.92 Å². The van der Waals surface area contributed by atoms with Crippen LogP contribution >= 0.6 is 0 Å². The number of nitrogens with zero attached hydrogens (tertiary/aromatic N) is 1. The molecule has 1 aliphatic carbocycles. The summed E-state index contributed by atoms with van der Waals surface area (Å²) in [5.74, 6) is -1.37. The van der Waals surface area contributed by atoms with Crippen LogP contribution in [-0.2, 0) is 19.1 Å². The zero-order chi connectivity index (χ0) is 27.0. The van der Waals surface area contributed by atoms with Gasteiger partial charge in [0.05, 0.1) is 11.7 Å². The number of carbonyl (C=O) groups excluding carboxylic acids is 3. The van der Waals surface area contributed by atoms with E-state index in [4.69, 9.17) is 14.3 Å². The van der Waals surface area contributed by atoms with E-state index in [-0.39, 0.29) is 17.8 Å². The summed E-state index contributed by atoms with van der Waals surface area (Å²) in [5, 5.41) is 13.2. The van der Waals surface area contributed by atoms with Crippen molar-refractivity contribution >= 4 is 29.9 Å². The minimum absolute atomic E-state index is 0.0151. The Balaban J connectivity index is 0.000000250. The van der Waals surface area contributed by atoms with E-state index in [9.17, 15) is 23.6 Å². The van der Waals surface area contributed by atoms with E-state index < -0.39 is 36.2 Å². The SMILES string of the molecule is CC.COC1C=CC2=C(C=C1)C(=O)N(C)C2.Cc1oc(C2NC(=O)NC2=O)cc1/C=C(\CF)C(=O)O. The van der Waals surface area contributed by atoms with E-state index in [1.807, 2.05) is 50.5 Å². The summed E-state index contributed by atoms with van der Waals surface area (Å²) in [7, 11) is 3.47. The molecule has 36 heavy (non-hydrogen) atoms. The van der Waals surface area contributed by atoms with Crippen molar-refractivity contribution in [2.24, 2.45) is 0 Å². The number of nitrogens with one attached hydrogen (secondary N) is 2. The van der Waals surface area contributed by atoms with Gasteiger partial charge in [0.2, 0.25) is 0 Å². The second kappa shape index (κ2) is 12.6. The van der Waals surface area contributed by atoms with Crippen molar-refractivity contribution < 1.29 is 37.8 Å². The molecule has 0 saturated carbocycles. The molecule has 194 valence electrons. The molecule has 4 rings (SSSR count). The molecule has 1 aromatic rings. The van der Waals surface area contributed by atoms with Gasteiger partial charge in [-0.15, -0.1) is 0 Å². The van der Waals surface area contributed by atoms with Gasteiger partial charge in [0.15, 0.2) is 6.04 Å². The van der Waals surface area contributed by atoms with Crippen LogP contribution in [0.4, 0.5) is 9.18 Å². The standard InChI is InChI=1S/C12H11FN2O5.C11H13NO2.C2H6/c1-5-6(2-7(4-13)11(17)18)3-8(20-5)9-10(16)15-12(19)14-9;1-12-7-8-3-4-9(14-2)5-6-10(8)11(12)13;1-2/h2-3,9H,4H2,1H3,(H,17,18)(H2,14,15,16,19);3-6,9H,7H2,1-2H3;1-2H3/b7-2+;;. The van der Waals surface area contributed by atoms with E-state index in [1.165, 1.54) is 6.07 Å². The van der Waals surface area contributed by atoms with Crippen molar-refractivity contribution in [3.8, 4) is 0 Å². The fourth-order valence-corrected chi connectivity index (χ4v) is 3.47. The number of hydrogen-bond acceptors (Lipinski definition) is 6. The van der Waals surface area contributed by atoms with E-state index in [2.05, 4.69) is 5.32 Å². The maximum Gasteiger partial charge on any atom is 0.334 e. The number of aryl methyl sites for hydroxylation is 1. The fraction of sp³-hybridized carbons (Fsp3) is 0.360. The molecule has 4 amide bonds. The highest BCUT2D eigenvalue weighted by Crippen LogP contribution is 2.25. The van der Waals surface area contributed by atoms with Crippen LogP contribution in [-0.4, -0.2) is 67.3 Å². The Labute approximate surface area is 208 Å². The maximum absolute atomic E-state index is 12.5. The summed E-state index contributed by atoms with van der Waals surface area (Å²) in [5.41, 5.74) is 1.78. The Kier molecular flexibility index (Phi) is 9.92. The van der Waals surface area contributed by atoms with Gasteiger partial charge in [-0.2, -0.15) is 0 Å². The molecule has 0 radical (unpaired) electrons. The van der Waals surface area contributed by atoms with E-state index >= 15 is 0 Å². The van der Waals surface area contributed by atoms with Crippen LogP contribution < -0.4 is 10.6 Å². The van der Waals surface area contributed by atoms with Gasteiger partial charge in [0, 0.05) is 31.8 Å². The molecule has 2 aliphatic heterocycles. The summed E-state index contributed by atoms with van der Waals surface area (Å²) in [6.07, 6.45) is 8.81. The minimum Gasteiger partial charge on any atom is -0.478 e. The lowest BCUT2D eigenvalue weighted by molar-refractivity contribution is -0.132. The van der Waals surface area contributed by atoms with Crippen molar-refractivity contribution in [2.45, 2.75) is 32.9 Å². The second-order valence-electron chi connectivity index (χ2n) is 7.68. The number of alkyl halides is 1. The van der Waals surface area contributed by atoms with Crippen LogP contribution in [0.15, 0.2) is 51.5 Å². The van der Waals surface area contributed by atoms with E-state index in [0.29, 0.717) is 17.9 Å². The first-order valence-electron chi connectivity index (χ1n) is 11.2. The Hall–Kier alpha value is -3.99. The highest BCUT2D eigenvalue weighted by Gasteiger charge is 2.33. The number of hydrogen-bond donors (Lipinski definition) is 3. The normalized spacial score (nSPS) is 20.7. The highest BCUT2D eigenvalue weighted by atomic mass is 19.1. The highest BCUT2D eigenvalue weighted by molar-refractivity contribution is 6.04. The first kappa shape index (κ1) is 28.2. The summed E-state index contributed by atoms with van der Waals surface area (Å²) < 4.78 is 23.0. The molecule has 11 heteroatoms. The summed E-state index contributed by atoms with van der Waals surface area (Å²) >= 11 is 0. The number of carbonyl (C=O) groups is 4. The van der Waals surface area contributed by atoms with Crippen molar-refractivity contribution in [1.29, 1.82) is 0 Å². The zero-order valence-corrected chi connectivity index (χ0v) is 20.8. The van der Waals surface area contributed by atoms with E-state index in [1.54, 1.807) is 18.9 Å². The molecular formula is C25H30FN3O7. The molecule has 10 nitrogen and oxygen atoms in total. The number of ether oxygens (including phenoxy) is 1. The predicted molar refractivity (Wildman–Crippen MR) is 130 cm³/mol. The number of imide groups is 1. The van der Waals surface area contributed by atoms with Crippen LogP contribution in [0.5, 0.6) is 0 Å². The van der Waals surface area contributed by atoms with Crippen molar-refractivity contribution in [2.75, 3.05) is 27.4 Å². The predicted octanol–water partition coefficient (Wildman–Crippen LogP) is 2.83. The van der Waals surface area contributed by atoms with Gasteiger partial charge in [-0.05, 0) is 24.6 Å². The number of rotatable bonds is 5. The van der Waals surface area contributed by atoms with Gasteiger partial charge >= 0.3 is 12.0 Å². The lowest BCUT2D eigenvalue weighted by atomic mass is 10.1. The van der Waals surface area contributed by atoms with Gasteiger partial charge in [0.25, 0.3) is 11.8 Å². The first-order chi connectivity index (χ1) is 17.1. The molecule has 0 bridgehead atoms. The molecule has 3 heterocycles. The van der Waals surface area contributed by atoms with Gasteiger partial charge in [0.1, 0.15) is 18.2 Å². The first-order valence-corrected chi connectivity index (χ1v) is 11.2. The smallest absolute Gasteiger partial charge is 0.334 e. The number of urea groups is 1. The van der Waals surface area contributed by atoms with Gasteiger partial charge < -0.3 is 24.5 Å². The zero-order valence-electron chi connectivity index (χ0n) is 20.8. The van der Waals surface area contributed by atoms with E-state index in [0.717, 1.165) is 17.2 Å². The molecule has 2 unspecified atom stereocenters. The van der Waals surface area contributed by atoms with Crippen molar-refractivity contribution in [3.63, 3.8) is 0 Å². The molecular weight excluding hydrogens is 473 g/mol. The van der Waals surface area contributed by atoms with Crippen molar-refractivity contribution in [1.82, 2.24) is 15.5 Å². The molecule has 3 N–H and O–H groups in total. The Morgan fingerprint density at radius 3 is 2.50 bits per heavy atom. The van der Waals surface area contributed by atoms with Gasteiger partial charge in [-0.1, -0.05) is 38.2 Å². The van der Waals surface area contributed by atoms with Gasteiger partial charge in [-0.25, -0.2) is 14.0 Å². The molecule has 1 aromatic heterocycles. The third-order valence-corrected chi connectivity index (χ3v) is 5.32. The molecule has 2 atom stereocenters. The van der Waals surface area contributed by atoms with Crippen LogP contribution in [0.3, 0.4) is 0 Å². The Morgan fingerprint density at radius 1 is 1.28 bits per heavy atom. The molecule has 1 saturated heterocycles. The number of amides is 4. The molecule has 0 spiro atoms. The average Bonchev–Trinajstić information content (AvgIpc) is 3.42. The molecule has 1 fully saturated rings. The van der Waals surface area contributed by atoms with Crippen LogP contribution in [0.2, 0.25) is 0 Å². The lowest BCUT2D eigenvalue weighted by Crippen LogP contribution is -2.22. The minimum atomic E-state index is -1.37. The van der Waals surface area contributed by atoms with Gasteiger partial charge in [-0.3, -0.25) is 14.9 Å². The van der Waals surface area contributed by atoms with Crippen LogP contribution in [0.25, 0.3) is 6.08 Å². The topological polar surface area (TPSA) is 138 Å². The summed E-state index contributed by atoms with van der Waals surface area (Å²) in [4.78, 5) is 46.6. The Bertz CT molecular complexity index is 1150. The maximum atomic E-state index is 12.5. The van der Waals surface area contributed by atoms with Crippen LogP contribution in [0.1, 0.15) is 37.0 Å². The quantitative estimate of drug-likeness (QED) is 0.415. The van der Waals surface area contributed by atoms with Crippen molar-refractivity contribution in [3.05, 3.63) is 64.2 Å². The molecule has 3 aliphatic rings. The largest absolute Gasteiger partial charge is 0.478 e. The average molecular weight is 504 g/mol.